The third-order valence-corrected chi connectivity index (χ3v) is 3.92. The molecule has 0 aliphatic carbocycles. The second-order valence-corrected chi connectivity index (χ2v) is 5.92. The van der Waals surface area contributed by atoms with Gasteiger partial charge in [-0.25, -0.2) is 0 Å². The van der Waals surface area contributed by atoms with E-state index in [0.717, 1.165) is 42.6 Å². The Kier molecular flexibility index (Phi) is 5.75. The number of allylic oxidation sites excluding steroid dienone is 1. The SMILES string of the molecule is N=C(I)c1ccc(C(C=NC2CCCCO2)=CN)cc1N. The molecular formula is C15H19IN4O. The van der Waals surface area contributed by atoms with Crippen LogP contribution in [0.5, 0.6) is 0 Å². The van der Waals surface area contributed by atoms with Crippen molar-refractivity contribution >= 4 is 43.8 Å². The summed E-state index contributed by atoms with van der Waals surface area (Å²) < 4.78 is 5.98. The third-order valence-electron chi connectivity index (χ3n) is 3.34. The van der Waals surface area contributed by atoms with Crippen molar-refractivity contribution in [3.63, 3.8) is 0 Å². The van der Waals surface area contributed by atoms with Gasteiger partial charge < -0.3 is 16.2 Å². The normalized spacial score (nSPS) is 19.9. The minimum atomic E-state index is -0.0761. The molecule has 5 N–H and O–H groups in total. The van der Waals surface area contributed by atoms with E-state index in [9.17, 15) is 0 Å². The van der Waals surface area contributed by atoms with Crippen LogP contribution < -0.4 is 11.5 Å². The molecule has 1 atom stereocenters. The van der Waals surface area contributed by atoms with E-state index < -0.39 is 0 Å². The van der Waals surface area contributed by atoms with Gasteiger partial charge in [0.25, 0.3) is 0 Å². The number of nitrogens with one attached hydrogen (secondary N) is 1. The first kappa shape index (κ1) is 16.0. The van der Waals surface area contributed by atoms with Gasteiger partial charge in [0.1, 0.15) is 9.95 Å². The van der Waals surface area contributed by atoms with Gasteiger partial charge in [0.15, 0.2) is 0 Å². The fraction of sp³-hybridized carbons (Fsp3) is 0.333. The summed E-state index contributed by atoms with van der Waals surface area (Å²) in [6.45, 7) is 0.767. The second kappa shape index (κ2) is 7.56. The van der Waals surface area contributed by atoms with Crippen molar-refractivity contribution < 1.29 is 4.74 Å². The molecule has 1 saturated heterocycles. The summed E-state index contributed by atoms with van der Waals surface area (Å²) in [5.74, 6) is 0. The van der Waals surface area contributed by atoms with Crippen LogP contribution in [0, 0.1) is 5.41 Å². The molecule has 1 fully saturated rings. The maximum atomic E-state index is 7.64. The lowest BCUT2D eigenvalue weighted by Crippen LogP contribution is -2.16. The minimum Gasteiger partial charge on any atom is -0.404 e. The molecule has 1 aliphatic rings. The Hall–Kier alpha value is -1.41. The molecule has 0 saturated carbocycles. The first-order chi connectivity index (χ1) is 10.1. The van der Waals surface area contributed by atoms with Crippen LogP contribution in [0.1, 0.15) is 30.4 Å². The number of hydrogen-bond acceptors (Lipinski definition) is 5. The van der Waals surface area contributed by atoms with E-state index in [0.29, 0.717) is 9.41 Å². The maximum Gasteiger partial charge on any atom is 0.148 e. The van der Waals surface area contributed by atoms with Gasteiger partial charge >= 0.3 is 0 Å². The molecule has 1 heterocycles. The first-order valence-corrected chi connectivity index (χ1v) is 7.90. The van der Waals surface area contributed by atoms with Crippen LogP contribution in [0.15, 0.2) is 29.4 Å². The summed E-state index contributed by atoms with van der Waals surface area (Å²) in [5, 5.41) is 7.64. The van der Waals surface area contributed by atoms with Gasteiger partial charge in [-0.2, -0.15) is 0 Å². The van der Waals surface area contributed by atoms with Crippen LogP contribution in [0.25, 0.3) is 5.57 Å². The number of nitrogens with two attached hydrogens (primary N) is 2. The van der Waals surface area contributed by atoms with Crippen LogP contribution in [0.4, 0.5) is 5.69 Å². The van der Waals surface area contributed by atoms with Crippen molar-refractivity contribution in [3.05, 3.63) is 35.5 Å². The highest BCUT2D eigenvalue weighted by Crippen LogP contribution is 2.22. The lowest BCUT2D eigenvalue weighted by atomic mass is 10.0. The minimum absolute atomic E-state index is 0.0761. The number of ether oxygens (including phenoxy) is 1. The van der Waals surface area contributed by atoms with Crippen LogP contribution in [-0.4, -0.2) is 22.8 Å². The van der Waals surface area contributed by atoms with Crippen molar-refractivity contribution in [1.82, 2.24) is 0 Å². The van der Waals surface area contributed by atoms with Gasteiger partial charge in [0.2, 0.25) is 0 Å². The van der Waals surface area contributed by atoms with Gasteiger partial charge in [0.05, 0.1) is 0 Å². The van der Waals surface area contributed by atoms with Crippen LogP contribution in [-0.2, 0) is 4.74 Å². The highest BCUT2D eigenvalue weighted by atomic mass is 127. The molecular weight excluding hydrogens is 379 g/mol. The Labute approximate surface area is 138 Å². The molecule has 1 aromatic carbocycles. The predicted molar refractivity (Wildman–Crippen MR) is 96.0 cm³/mol. The number of benzene rings is 1. The molecule has 1 unspecified atom stereocenters. The molecule has 0 bridgehead atoms. The van der Waals surface area contributed by atoms with E-state index in [4.69, 9.17) is 21.6 Å². The smallest absolute Gasteiger partial charge is 0.148 e. The average Bonchev–Trinajstić information content (AvgIpc) is 2.48. The average molecular weight is 398 g/mol. The number of halogens is 1. The summed E-state index contributed by atoms with van der Waals surface area (Å²) in [5.41, 5.74) is 14.6. The molecule has 112 valence electrons. The maximum absolute atomic E-state index is 7.64. The topological polar surface area (TPSA) is 97.5 Å². The lowest BCUT2D eigenvalue weighted by molar-refractivity contribution is 0.0227. The summed E-state index contributed by atoms with van der Waals surface area (Å²) >= 11 is 1.94. The Morgan fingerprint density at radius 1 is 1.43 bits per heavy atom. The summed E-state index contributed by atoms with van der Waals surface area (Å²) in [6, 6.07) is 5.54. The highest BCUT2D eigenvalue weighted by molar-refractivity contribution is 14.1. The van der Waals surface area contributed by atoms with E-state index in [-0.39, 0.29) is 6.23 Å². The molecule has 2 rings (SSSR count). The standard InChI is InChI=1S/C15H19IN4O/c16-15(19)12-5-4-10(7-13(12)18)11(8-17)9-20-14-3-1-2-6-21-14/h4-5,7-9,14,19H,1-3,6,17-18H2. The highest BCUT2D eigenvalue weighted by Gasteiger charge is 2.12. The number of nitrogen functional groups attached to an aromatic ring is 1. The number of nitrogens with zero attached hydrogens (tertiary/aromatic N) is 1. The van der Waals surface area contributed by atoms with Gasteiger partial charge in [-0.3, -0.25) is 10.4 Å². The Bertz CT molecular complexity index is 577. The Morgan fingerprint density at radius 2 is 2.24 bits per heavy atom. The van der Waals surface area contributed by atoms with Crippen LogP contribution >= 0.6 is 22.6 Å². The van der Waals surface area contributed by atoms with E-state index in [1.54, 1.807) is 6.21 Å². The van der Waals surface area contributed by atoms with Gasteiger partial charge in [-0.05, 0) is 59.5 Å². The van der Waals surface area contributed by atoms with Crippen molar-refractivity contribution in [2.24, 2.45) is 10.7 Å². The molecule has 0 radical (unpaired) electrons. The number of hydrogen-bond donors (Lipinski definition) is 3. The fourth-order valence-electron chi connectivity index (χ4n) is 2.16. The van der Waals surface area contributed by atoms with Crippen molar-refractivity contribution in [2.45, 2.75) is 25.5 Å². The largest absolute Gasteiger partial charge is 0.404 e. The zero-order valence-corrected chi connectivity index (χ0v) is 13.8. The third kappa shape index (κ3) is 4.28. The molecule has 1 aromatic rings. The number of aliphatic imine (C=N–C) groups is 1. The van der Waals surface area contributed by atoms with E-state index in [2.05, 4.69) is 4.99 Å². The predicted octanol–water partition coefficient (Wildman–Crippen LogP) is 2.93. The number of anilines is 1. The molecule has 6 heteroatoms. The molecule has 5 nitrogen and oxygen atoms in total. The zero-order valence-electron chi connectivity index (χ0n) is 11.7. The van der Waals surface area contributed by atoms with Gasteiger partial charge in [-0.1, -0.05) is 6.07 Å². The van der Waals surface area contributed by atoms with Crippen LogP contribution in [0.3, 0.4) is 0 Å². The molecule has 0 aromatic heterocycles. The van der Waals surface area contributed by atoms with Crippen LogP contribution in [0.2, 0.25) is 0 Å². The second-order valence-electron chi connectivity index (χ2n) is 4.84. The number of rotatable bonds is 4. The van der Waals surface area contributed by atoms with Crippen molar-refractivity contribution in [1.29, 1.82) is 5.41 Å². The van der Waals surface area contributed by atoms with Crippen molar-refractivity contribution in [2.75, 3.05) is 12.3 Å². The Morgan fingerprint density at radius 3 is 2.81 bits per heavy atom. The summed E-state index contributed by atoms with van der Waals surface area (Å²) in [7, 11) is 0. The van der Waals surface area contributed by atoms with Gasteiger partial charge in [0, 0.05) is 35.8 Å². The summed E-state index contributed by atoms with van der Waals surface area (Å²) in [6.07, 6.45) is 6.36. The molecule has 0 spiro atoms. The fourth-order valence-corrected chi connectivity index (χ4v) is 2.65. The molecule has 0 amide bonds. The zero-order chi connectivity index (χ0) is 15.2. The Balaban J connectivity index is 2.16. The van der Waals surface area contributed by atoms with E-state index in [1.165, 1.54) is 6.20 Å². The van der Waals surface area contributed by atoms with Crippen molar-refractivity contribution in [3.8, 4) is 0 Å². The molecule has 21 heavy (non-hydrogen) atoms. The first-order valence-electron chi connectivity index (χ1n) is 6.83. The van der Waals surface area contributed by atoms with Gasteiger partial charge in [-0.15, -0.1) is 0 Å². The monoisotopic (exact) mass is 398 g/mol. The lowest BCUT2D eigenvalue weighted by Gasteiger charge is -2.18. The molecule has 1 aliphatic heterocycles. The quantitative estimate of drug-likeness (QED) is 0.413. The van der Waals surface area contributed by atoms with E-state index in [1.807, 2.05) is 40.8 Å². The summed E-state index contributed by atoms with van der Waals surface area (Å²) in [4.78, 5) is 4.44. The van der Waals surface area contributed by atoms with E-state index >= 15 is 0 Å².